The zero-order valence-electron chi connectivity index (χ0n) is 11.2. The highest BCUT2D eigenvalue weighted by Gasteiger charge is 2.07. The standard InChI is InChI=1S/C14H23NO2/c1-11(2)12-5-6-14(17-4)13(9-12)7-8-15(3)10-16/h5-6,9,11,16H,7-8,10H2,1-4H3. The van der Waals surface area contributed by atoms with Gasteiger partial charge in [0.2, 0.25) is 0 Å². The fraction of sp³-hybridized carbons (Fsp3) is 0.571. The molecule has 0 aliphatic heterocycles. The number of hydrogen-bond donors (Lipinski definition) is 1. The zero-order chi connectivity index (χ0) is 12.8. The summed E-state index contributed by atoms with van der Waals surface area (Å²) in [6, 6.07) is 6.35. The maximum Gasteiger partial charge on any atom is 0.122 e. The molecule has 0 radical (unpaired) electrons. The van der Waals surface area contributed by atoms with Crippen LogP contribution in [0.15, 0.2) is 18.2 Å². The van der Waals surface area contributed by atoms with Crippen LogP contribution in [0.1, 0.15) is 30.9 Å². The van der Waals surface area contributed by atoms with Gasteiger partial charge >= 0.3 is 0 Å². The molecule has 1 rings (SSSR count). The van der Waals surface area contributed by atoms with Crippen LogP contribution in [-0.4, -0.2) is 37.4 Å². The molecule has 0 aliphatic rings. The Morgan fingerprint density at radius 2 is 2.06 bits per heavy atom. The van der Waals surface area contributed by atoms with E-state index < -0.39 is 0 Å². The minimum atomic E-state index is 0.0895. The lowest BCUT2D eigenvalue weighted by Crippen LogP contribution is -2.22. The van der Waals surface area contributed by atoms with E-state index in [0.29, 0.717) is 5.92 Å². The fourth-order valence-electron chi connectivity index (χ4n) is 1.74. The molecule has 17 heavy (non-hydrogen) atoms. The molecule has 0 bridgehead atoms. The minimum absolute atomic E-state index is 0.0895. The highest BCUT2D eigenvalue weighted by Crippen LogP contribution is 2.24. The van der Waals surface area contributed by atoms with Crippen molar-refractivity contribution in [1.82, 2.24) is 4.90 Å². The van der Waals surface area contributed by atoms with Gasteiger partial charge in [-0.2, -0.15) is 0 Å². The van der Waals surface area contributed by atoms with Gasteiger partial charge in [-0.3, -0.25) is 4.90 Å². The average molecular weight is 237 g/mol. The van der Waals surface area contributed by atoms with E-state index in [4.69, 9.17) is 9.84 Å². The first-order valence-corrected chi connectivity index (χ1v) is 6.04. The Balaban J connectivity index is 2.82. The molecule has 0 spiro atoms. The van der Waals surface area contributed by atoms with Gasteiger partial charge in [-0.15, -0.1) is 0 Å². The second kappa shape index (κ2) is 6.62. The summed E-state index contributed by atoms with van der Waals surface area (Å²) in [6.07, 6.45) is 0.890. The fourth-order valence-corrected chi connectivity index (χ4v) is 1.74. The van der Waals surface area contributed by atoms with Crippen molar-refractivity contribution in [2.24, 2.45) is 0 Å². The molecule has 0 saturated heterocycles. The van der Waals surface area contributed by atoms with Crippen molar-refractivity contribution in [3.05, 3.63) is 29.3 Å². The third-order valence-corrected chi connectivity index (χ3v) is 2.98. The second-order valence-corrected chi connectivity index (χ2v) is 4.70. The third-order valence-electron chi connectivity index (χ3n) is 2.98. The first kappa shape index (κ1) is 14.0. The van der Waals surface area contributed by atoms with Gasteiger partial charge in [-0.1, -0.05) is 26.0 Å². The van der Waals surface area contributed by atoms with Crippen molar-refractivity contribution in [3.63, 3.8) is 0 Å². The Hall–Kier alpha value is -1.06. The molecular weight excluding hydrogens is 214 g/mol. The Morgan fingerprint density at radius 3 is 2.59 bits per heavy atom. The Morgan fingerprint density at radius 1 is 1.35 bits per heavy atom. The van der Waals surface area contributed by atoms with Crippen LogP contribution in [0.3, 0.4) is 0 Å². The van der Waals surface area contributed by atoms with Crippen LogP contribution in [0, 0.1) is 0 Å². The van der Waals surface area contributed by atoms with Crippen LogP contribution in [0.25, 0.3) is 0 Å². The monoisotopic (exact) mass is 237 g/mol. The number of aliphatic hydroxyl groups excluding tert-OH is 1. The van der Waals surface area contributed by atoms with Crippen molar-refractivity contribution in [3.8, 4) is 5.75 Å². The van der Waals surface area contributed by atoms with Gasteiger partial charge in [0.05, 0.1) is 13.8 Å². The van der Waals surface area contributed by atoms with Crippen LogP contribution >= 0.6 is 0 Å². The van der Waals surface area contributed by atoms with Crippen LogP contribution in [0.2, 0.25) is 0 Å². The summed E-state index contributed by atoms with van der Waals surface area (Å²) >= 11 is 0. The van der Waals surface area contributed by atoms with E-state index in [-0.39, 0.29) is 6.73 Å². The van der Waals surface area contributed by atoms with E-state index in [1.165, 1.54) is 11.1 Å². The van der Waals surface area contributed by atoms with Crippen LogP contribution in [0.5, 0.6) is 5.75 Å². The molecular formula is C14H23NO2. The maximum absolute atomic E-state index is 8.98. The van der Waals surface area contributed by atoms with Crippen molar-refractivity contribution >= 4 is 0 Å². The van der Waals surface area contributed by atoms with Gasteiger partial charge in [-0.25, -0.2) is 0 Å². The number of nitrogens with zero attached hydrogens (tertiary/aromatic N) is 1. The van der Waals surface area contributed by atoms with Crippen LogP contribution in [-0.2, 0) is 6.42 Å². The SMILES string of the molecule is COc1ccc(C(C)C)cc1CCN(C)CO. The van der Waals surface area contributed by atoms with E-state index in [2.05, 4.69) is 26.0 Å². The molecule has 1 aromatic carbocycles. The third kappa shape index (κ3) is 4.02. The first-order chi connectivity index (χ1) is 8.08. The van der Waals surface area contributed by atoms with Gasteiger partial charge in [0, 0.05) is 6.54 Å². The number of ether oxygens (including phenoxy) is 1. The molecule has 0 unspecified atom stereocenters. The number of benzene rings is 1. The van der Waals surface area contributed by atoms with E-state index in [9.17, 15) is 0 Å². The Bertz CT molecular complexity index is 350. The summed E-state index contributed by atoms with van der Waals surface area (Å²) in [7, 11) is 3.60. The lowest BCUT2D eigenvalue weighted by Gasteiger charge is -2.16. The molecule has 1 N–H and O–H groups in total. The van der Waals surface area contributed by atoms with E-state index in [1.54, 1.807) is 7.11 Å². The summed E-state index contributed by atoms with van der Waals surface area (Å²) in [5.41, 5.74) is 2.53. The second-order valence-electron chi connectivity index (χ2n) is 4.70. The van der Waals surface area contributed by atoms with Crippen molar-refractivity contribution in [2.45, 2.75) is 26.2 Å². The predicted molar refractivity (Wildman–Crippen MR) is 70.5 cm³/mol. The topological polar surface area (TPSA) is 32.7 Å². The molecule has 0 aromatic heterocycles. The molecule has 3 heteroatoms. The number of rotatable bonds is 6. The van der Waals surface area contributed by atoms with Crippen molar-refractivity contribution in [1.29, 1.82) is 0 Å². The highest BCUT2D eigenvalue weighted by atomic mass is 16.5. The number of methoxy groups -OCH3 is 1. The lowest BCUT2D eigenvalue weighted by atomic mass is 9.99. The first-order valence-electron chi connectivity index (χ1n) is 6.04. The molecule has 96 valence electrons. The summed E-state index contributed by atoms with van der Waals surface area (Å²) < 4.78 is 5.36. The quantitative estimate of drug-likeness (QED) is 0.770. The van der Waals surface area contributed by atoms with E-state index in [0.717, 1.165) is 18.7 Å². The number of likely N-dealkylation sites (N-methyl/N-ethyl adjacent to an activating group) is 1. The Kier molecular flexibility index (Phi) is 5.45. The summed E-state index contributed by atoms with van der Waals surface area (Å²) in [4.78, 5) is 1.88. The maximum atomic E-state index is 8.98. The van der Waals surface area contributed by atoms with Gasteiger partial charge < -0.3 is 9.84 Å². The minimum Gasteiger partial charge on any atom is -0.496 e. The lowest BCUT2D eigenvalue weighted by molar-refractivity contribution is 0.134. The highest BCUT2D eigenvalue weighted by molar-refractivity contribution is 5.38. The van der Waals surface area contributed by atoms with Gasteiger partial charge in [-0.05, 0) is 36.6 Å². The normalized spacial score (nSPS) is 11.2. The molecule has 0 heterocycles. The summed E-state index contributed by atoms with van der Waals surface area (Å²) in [5, 5.41) is 8.98. The van der Waals surface area contributed by atoms with Crippen LogP contribution < -0.4 is 4.74 Å². The molecule has 0 atom stereocenters. The van der Waals surface area contributed by atoms with Crippen molar-refractivity contribution < 1.29 is 9.84 Å². The molecule has 3 nitrogen and oxygen atoms in total. The molecule has 0 fully saturated rings. The molecule has 0 amide bonds. The smallest absolute Gasteiger partial charge is 0.122 e. The summed E-state index contributed by atoms with van der Waals surface area (Å²) in [6.45, 7) is 5.29. The average Bonchev–Trinajstić information content (AvgIpc) is 2.35. The van der Waals surface area contributed by atoms with E-state index in [1.807, 2.05) is 18.0 Å². The molecule has 1 aromatic rings. The molecule has 0 saturated carbocycles. The molecule has 0 aliphatic carbocycles. The van der Waals surface area contributed by atoms with Gasteiger partial charge in [0.15, 0.2) is 0 Å². The van der Waals surface area contributed by atoms with Gasteiger partial charge in [0.1, 0.15) is 5.75 Å². The Labute approximate surface area is 104 Å². The van der Waals surface area contributed by atoms with Crippen molar-refractivity contribution in [2.75, 3.05) is 27.4 Å². The van der Waals surface area contributed by atoms with E-state index >= 15 is 0 Å². The summed E-state index contributed by atoms with van der Waals surface area (Å²) in [5.74, 6) is 1.45. The number of aliphatic hydroxyl groups is 1. The predicted octanol–water partition coefficient (Wildman–Crippen LogP) is 2.24. The zero-order valence-corrected chi connectivity index (χ0v) is 11.2. The number of hydrogen-bond acceptors (Lipinski definition) is 3. The van der Waals surface area contributed by atoms with Gasteiger partial charge in [0.25, 0.3) is 0 Å². The largest absolute Gasteiger partial charge is 0.496 e. The van der Waals surface area contributed by atoms with Crippen LogP contribution in [0.4, 0.5) is 0 Å².